The van der Waals surface area contributed by atoms with E-state index in [1.807, 2.05) is 19.1 Å². The number of guanidine groups is 1. The number of likely N-dealkylation sites (tertiary alicyclic amines) is 1. The van der Waals surface area contributed by atoms with Crippen molar-refractivity contribution in [3.8, 4) is 5.75 Å². The zero-order valence-corrected chi connectivity index (χ0v) is 18.4. The zero-order valence-electron chi connectivity index (χ0n) is 17.6. The highest BCUT2D eigenvalue weighted by Gasteiger charge is 2.28. The Labute approximate surface area is 174 Å². The molecule has 7 nitrogen and oxygen atoms in total. The van der Waals surface area contributed by atoms with Crippen LogP contribution >= 0.6 is 0 Å². The van der Waals surface area contributed by atoms with Crippen molar-refractivity contribution < 1.29 is 13.2 Å². The molecule has 2 atom stereocenters. The van der Waals surface area contributed by atoms with Crippen molar-refractivity contribution in [1.82, 2.24) is 15.5 Å². The van der Waals surface area contributed by atoms with Gasteiger partial charge in [0.15, 0.2) is 15.8 Å². The minimum Gasteiger partial charge on any atom is -0.497 e. The van der Waals surface area contributed by atoms with Gasteiger partial charge < -0.3 is 15.4 Å². The number of nitrogens with zero attached hydrogens (tertiary/aromatic N) is 2. The molecule has 2 N–H and O–H groups in total. The van der Waals surface area contributed by atoms with Gasteiger partial charge in [0, 0.05) is 13.1 Å². The van der Waals surface area contributed by atoms with E-state index in [-0.39, 0.29) is 17.7 Å². The maximum absolute atomic E-state index is 11.7. The van der Waals surface area contributed by atoms with Crippen LogP contribution < -0.4 is 15.4 Å². The number of sulfone groups is 1. The van der Waals surface area contributed by atoms with E-state index in [9.17, 15) is 8.42 Å². The molecule has 1 aromatic rings. The SMILES string of the molecule is CCNC(=NCC(c1cccc(OC)c1)N1CCCC1)NCC1CCS(=O)(=O)C1. The monoisotopic (exact) mass is 422 g/mol. The molecule has 2 aliphatic rings. The second kappa shape index (κ2) is 10.3. The first-order valence-corrected chi connectivity index (χ1v) is 12.4. The van der Waals surface area contributed by atoms with Crippen LogP contribution in [0.15, 0.2) is 29.3 Å². The lowest BCUT2D eigenvalue weighted by atomic mass is 10.1. The first-order valence-electron chi connectivity index (χ1n) is 10.6. The molecule has 0 saturated carbocycles. The molecule has 0 aromatic heterocycles. The molecule has 2 aliphatic heterocycles. The molecule has 0 bridgehead atoms. The van der Waals surface area contributed by atoms with E-state index >= 15 is 0 Å². The highest BCUT2D eigenvalue weighted by atomic mass is 32.2. The first kappa shape index (κ1) is 21.9. The largest absolute Gasteiger partial charge is 0.497 e. The third-order valence-electron chi connectivity index (χ3n) is 5.71. The van der Waals surface area contributed by atoms with Gasteiger partial charge in [-0.3, -0.25) is 9.89 Å². The van der Waals surface area contributed by atoms with Gasteiger partial charge in [-0.2, -0.15) is 0 Å². The molecule has 3 rings (SSSR count). The third-order valence-corrected chi connectivity index (χ3v) is 7.55. The van der Waals surface area contributed by atoms with Crippen LogP contribution in [0.25, 0.3) is 0 Å². The molecule has 2 unspecified atom stereocenters. The molecular formula is C21H34N4O3S. The Morgan fingerprint density at radius 2 is 2.10 bits per heavy atom. The van der Waals surface area contributed by atoms with E-state index in [2.05, 4.69) is 27.7 Å². The van der Waals surface area contributed by atoms with E-state index in [1.165, 1.54) is 18.4 Å². The van der Waals surface area contributed by atoms with Gasteiger partial charge >= 0.3 is 0 Å². The Morgan fingerprint density at radius 1 is 1.31 bits per heavy atom. The number of hydrogen-bond donors (Lipinski definition) is 2. The van der Waals surface area contributed by atoms with Crippen molar-refractivity contribution in [2.24, 2.45) is 10.9 Å². The lowest BCUT2D eigenvalue weighted by Crippen LogP contribution is -2.40. The van der Waals surface area contributed by atoms with Gasteiger partial charge in [0.1, 0.15) is 5.75 Å². The average Bonchev–Trinajstić information content (AvgIpc) is 3.36. The van der Waals surface area contributed by atoms with Gasteiger partial charge in [0.05, 0.1) is 31.2 Å². The van der Waals surface area contributed by atoms with E-state index in [0.29, 0.717) is 18.8 Å². The summed E-state index contributed by atoms with van der Waals surface area (Å²) in [6.07, 6.45) is 3.17. The number of nitrogens with one attached hydrogen (secondary N) is 2. The summed E-state index contributed by atoms with van der Waals surface area (Å²) in [6, 6.07) is 8.45. The topological polar surface area (TPSA) is 83.0 Å². The van der Waals surface area contributed by atoms with Gasteiger partial charge in [0.2, 0.25) is 0 Å². The fraction of sp³-hybridized carbons (Fsp3) is 0.667. The Bertz CT molecular complexity index is 791. The smallest absolute Gasteiger partial charge is 0.191 e. The average molecular weight is 423 g/mol. The summed E-state index contributed by atoms with van der Waals surface area (Å²) < 4.78 is 28.8. The number of aliphatic imine (C=N–C) groups is 1. The van der Waals surface area contributed by atoms with Crippen LogP contribution in [-0.2, 0) is 9.84 Å². The quantitative estimate of drug-likeness (QED) is 0.491. The standard InChI is InChI=1S/C21H34N4O3S/c1-3-22-21(23-14-17-9-12-29(26,27)16-17)24-15-20(25-10-4-5-11-25)18-7-6-8-19(13-18)28-2/h6-8,13,17,20H,3-5,9-12,14-16H2,1-2H3,(H2,22,23,24). The predicted molar refractivity (Wildman–Crippen MR) is 117 cm³/mol. The molecule has 2 heterocycles. The number of benzene rings is 1. The summed E-state index contributed by atoms with van der Waals surface area (Å²) in [5, 5.41) is 6.65. The van der Waals surface area contributed by atoms with Crippen LogP contribution in [0, 0.1) is 5.92 Å². The predicted octanol–water partition coefficient (Wildman–Crippen LogP) is 1.82. The molecular weight excluding hydrogens is 388 g/mol. The highest BCUT2D eigenvalue weighted by Crippen LogP contribution is 2.28. The van der Waals surface area contributed by atoms with Gasteiger partial charge in [-0.05, 0) is 62.9 Å². The molecule has 0 amide bonds. The number of rotatable bonds is 8. The third kappa shape index (κ3) is 6.34. The van der Waals surface area contributed by atoms with E-state index in [0.717, 1.165) is 37.8 Å². The number of ether oxygens (including phenoxy) is 1. The maximum atomic E-state index is 11.7. The molecule has 0 aliphatic carbocycles. The number of hydrogen-bond acceptors (Lipinski definition) is 5. The molecule has 29 heavy (non-hydrogen) atoms. The Kier molecular flexibility index (Phi) is 7.77. The summed E-state index contributed by atoms with van der Waals surface area (Å²) in [5.41, 5.74) is 1.22. The lowest BCUT2D eigenvalue weighted by molar-refractivity contribution is 0.251. The molecule has 0 spiro atoms. The molecule has 1 aromatic carbocycles. The van der Waals surface area contributed by atoms with E-state index in [4.69, 9.17) is 9.73 Å². The minimum atomic E-state index is -2.85. The molecule has 8 heteroatoms. The van der Waals surface area contributed by atoms with Crippen molar-refractivity contribution >= 4 is 15.8 Å². The van der Waals surface area contributed by atoms with Gasteiger partial charge in [-0.15, -0.1) is 0 Å². The summed E-state index contributed by atoms with van der Waals surface area (Å²) in [5.74, 6) is 2.36. The summed E-state index contributed by atoms with van der Waals surface area (Å²) in [6.45, 7) is 6.26. The summed E-state index contributed by atoms with van der Waals surface area (Å²) in [7, 11) is -1.16. The molecule has 2 fully saturated rings. The second-order valence-electron chi connectivity index (χ2n) is 7.91. The van der Waals surface area contributed by atoms with Crippen LogP contribution in [0.2, 0.25) is 0 Å². The van der Waals surface area contributed by atoms with Crippen LogP contribution in [0.4, 0.5) is 0 Å². The van der Waals surface area contributed by atoms with Crippen LogP contribution in [0.5, 0.6) is 5.75 Å². The zero-order chi connectivity index (χ0) is 20.7. The first-order chi connectivity index (χ1) is 14.0. The van der Waals surface area contributed by atoms with Gasteiger partial charge in [-0.25, -0.2) is 8.42 Å². The van der Waals surface area contributed by atoms with Crippen LogP contribution in [-0.4, -0.2) is 70.6 Å². The van der Waals surface area contributed by atoms with Crippen molar-refractivity contribution in [2.75, 3.05) is 51.3 Å². The Morgan fingerprint density at radius 3 is 2.76 bits per heavy atom. The fourth-order valence-corrected chi connectivity index (χ4v) is 5.99. The van der Waals surface area contributed by atoms with Crippen molar-refractivity contribution in [3.63, 3.8) is 0 Å². The fourth-order valence-electron chi connectivity index (χ4n) is 4.13. The lowest BCUT2D eigenvalue weighted by Gasteiger charge is -2.27. The van der Waals surface area contributed by atoms with E-state index in [1.54, 1.807) is 7.11 Å². The van der Waals surface area contributed by atoms with Crippen molar-refractivity contribution in [1.29, 1.82) is 0 Å². The molecule has 0 radical (unpaired) electrons. The van der Waals surface area contributed by atoms with Crippen molar-refractivity contribution in [2.45, 2.75) is 32.2 Å². The highest BCUT2D eigenvalue weighted by molar-refractivity contribution is 7.91. The summed E-state index contributed by atoms with van der Waals surface area (Å²) >= 11 is 0. The summed E-state index contributed by atoms with van der Waals surface area (Å²) in [4.78, 5) is 7.34. The maximum Gasteiger partial charge on any atom is 0.191 e. The second-order valence-corrected chi connectivity index (χ2v) is 10.1. The van der Waals surface area contributed by atoms with Crippen LogP contribution in [0.1, 0.15) is 37.8 Å². The molecule has 2 saturated heterocycles. The van der Waals surface area contributed by atoms with Gasteiger partial charge in [0.25, 0.3) is 0 Å². The van der Waals surface area contributed by atoms with Crippen molar-refractivity contribution in [3.05, 3.63) is 29.8 Å². The van der Waals surface area contributed by atoms with Gasteiger partial charge in [-0.1, -0.05) is 12.1 Å². The van der Waals surface area contributed by atoms with Crippen LogP contribution in [0.3, 0.4) is 0 Å². The van der Waals surface area contributed by atoms with E-state index < -0.39 is 9.84 Å². The number of methoxy groups -OCH3 is 1. The Hall–Kier alpha value is -1.80. The Balaban J connectivity index is 1.69. The molecule has 162 valence electrons. The normalized spacial score (nSPS) is 23.1. The minimum absolute atomic E-state index is 0.164.